The summed E-state index contributed by atoms with van der Waals surface area (Å²) in [5.74, 6) is 1.53. The number of pyridine rings is 3. The zero-order chi connectivity index (χ0) is 80.7. The second-order valence-electron chi connectivity index (χ2n) is 32.5. The average molecular weight is 2080 g/mol. The molecule has 0 fully saturated rings. The number of fused-ring (bicyclic) bond motifs is 3. The normalized spacial score (nSPS) is 12.8. The van der Waals surface area contributed by atoms with Crippen molar-refractivity contribution in [1.82, 2.24) is 15.0 Å². The van der Waals surface area contributed by atoms with Crippen molar-refractivity contribution >= 4 is 78.1 Å². The van der Waals surface area contributed by atoms with Crippen molar-refractivity contribution in [1.29, 1.82) is 0 Å². The van der Waals surface area contributed by atoms with Crippen LogP contribution in [0.5, 0.6) is 0 Å². The van der Waals surface area contributed by atoms with Crippen LogP contribution >= 0.6 is 0 Å². The van der Waals surface area contributed by atoms with E-state index >= 15 is 0 Å². The van der Waals surface area contributed by atoms with Gasteiger partial charge in [0.05, 0.1) is 76.4 Å². The molecule has 3 radical (unpaired) electrons. The molecule has 15 heteroatoms. The molecule has 3 aromatic heterocycles. The quantitative estimate of drug-likeness (QED) is 0.0248. The van der Waals surface area contributed by atoms with E-state index in [9.17, 15) is 20.4 Å². The molecule has 10 aromatic rings. The van der Waals surface area contributed by atoms with Gasteiger partial charge in [-0.05, 0) is 137 Å². The first-order valence-electron chi connectivity index (χ1n) is 39.2. The first-order valence-corrected chi connectivity index (χ1v) is 47.6. The summed E-state index contributed by atoms with van der Waals surface area (Å²) in [6.07, 6.45) is 2.59. The summed E-state index contributed by atoms with van der Waals surface area (Å²) in [6, 6.07) is 69.8. The number of aliphatic hydroxyl groups excluding tert-OH is 6. The molecule has 0 spiro atoms. The minimum atomic E-state index is -1.73. The molecule has 0 bridgehead atoms. The Kier molecular flexibility index (Phi) is 42.8. The van der Waals surface area contributed by atoms with E-state index in [1.165, 1.54) is 80.3 Å². The van der Waals surface area contributed by atoms with Gasteiger partial charge in [-0.15, -0.1) is 105 Å². The van der Waals surface area contributed by atoms with Crippen LogP contribution < -0.4 is 15.6 Å². The Morgan fingerprint density at radius 1 is 0.459 bits per heavy atom. The van der Waals surface area contributed by atoms with Gasteiger partial charge in [0.25, 0.3) is 0 Å². The Morgan fingerprint density at radius 2 is 0.874 bits per heavy atom. The number of aromatic nitrogens is 3. The largest absolute Gasteiger partial charge is 0.513 e. The second-order valence-corrected chi connectivity index (χ2v) is 48.6. The van der Waals surface area contributed by atoms with Crippen LogP contribution in [0.15, 0.2) is 187 Å². The maximum Gasteiger partial charge on any atom is 0.0955 e. The van der Waals surface area contributed by atoms with Crippen molar-refractivity contribution in [2.45, 2.75) is 245 Å². The van der Waals surface area contributed by atoms with Crippen molar-refractivity contribution < 1.29 is 91.0 Å². The van der Waals surface area contributed by atoms with Gasteiger partial charge in [-0.3, -0.25) is 15.0 Å². The molecule has 6 N–H and O–H groups in total. The number of aliphatic hydroxyl groups is 6. The summed E-state index contributed by atoms with van der Waals surface area (Å²) >= 11 is 0. The van der Waals surface area contributed by atoms with Crippen molar-refractivity contribution in [2.24, 2.45) is 11.8 Å². The van der Waals surface area contributed by atoms with Crippen LogP contribution in [0.2, 0.25) is 54.4 Å². The Bertz CT molecular complexity index is 4560. The molecule has 607 valence electrons. The molecule has 111 heavy (non-hydrogen) atoms. The van der Waals surface area contributed by atoms with Crippen LogP contribution in [-0.2, 0) is 60.3 Å². The van der Waals surface area contributed by atoms with E-state index in [-0.39, 0.29) is 71.8 Å². The summed E-state index contributed by atoms with van der Waals surface area (Å²) in [6.45, 7) is 56.0. The molecule has 0 aliphatic heterocycles. The van der Waals surface area contributed by atoms with Gasteiger partial charge in [-0.1, -0.05) is 283 Å². The fraction of sp³-hybridized carbons (Fsp3) is 0.406. The Hall–Kier alpha value is -6.13. The van der Waals surface area contributed by atoms with Crippen molar-refractivity contribution in [3.8, 4) is 33.8 Å². The fourth-order valence-corrected chi connectivity index (χ4v) is 27.9. The predicted molar refractivity (Wildman–Crippen MR) is 474 cm³/mol. The van der Waals surface area contributed by atoms with Gasteiger partial charge in [0.15, 0.2) is 0 Å². The van der Waals surface area contributed by atoms with Gasteiger partial charge < -0.3 is 30.6 Å². The second kappa shape index (κ2) is 47.0. The number of benzene rings is 7. The zero-order valence-corrected chi connectivity index (χ0v) is 81.5. The topological polar surface area (TPSA) is 160 Å². The van der Waals surface area contributed by atoms with Crippen LogP contribution in [0.4, 0.5) is 0 Å². The molecule has 0 saturated carbocycles. The molecule has 9 nitrogen and oxygen atoms in total. The van der Waals surface area contributed by atoms with Gasteiger partial charge in [0, 0.05) is 72.3 Å². The number of hydrogen-bond donors (Lipinski definition) is 6. The van der Waals surface area contributed by atoms with Crippen LogP contribution in [0.3, 0.4) is 0 Å². The zero-order valence-electron chi connectivity index (χ0n) is 71.3. The maximum absolute atomic E-state index is 9.47. The number of nitrogens with zero attached hydrogens (tertiary/aromatic N) is 3. The van der Waals surface area contributed by atoms with E-state index in [0.29, 0.717) is 52.6 Å². The van der Waals surface area contributed by atoms with Gasteiger partial charge in [0.1, 0.15) is 0 Å². The number of aryl methyl sites for hydroxylation is 6. The van der Waals surface area contributed by atoms with E-state index < -0.39 is 42.5 Å². The van der Waals surface area contributed by atoms with Crippen molar-refractivity contribution in [3.63, 3.8) is 0 Å². The summed E-state index contributed by atoms with van der Waals surface area (Å²) in [5, 5.41) is 63.2. The molecule has 0 amide bonds. The molecule has 3 heterocycles. The Labute approximate surface area is 712 Å². The standard InChI is InChI=1S/C26H34NSi.C23H28NSi.C20H22NSi.C11H14O2.C11H22O2.C5H10O2.3Ir/c1-17(2)28(18(3)4,19(5)6)26-11-9-10-25-23(26)14-15-24(27-25)22-13-12-20(7)21(8)16-22;1-6-25(7-2,8-3)23-11-9-10-22-20(23)12-13-21(24-22)19-15-17(4)14-18(5)16-19;1-14-11-15(2)13-16(12-14)18-10-9-17-19(21-18)7-6-8-20(17)22(3,4)5;1-8(12)11(9(2)13)10-6-4-3-5-7-10;1-8(2)5-10(12)7-11(13)6-9(3)4;1-4(6)3-5(2)7;;;/h9-12,14-19H,1-8H3;9-15H,6-8H2,1-5H3;6-12H,1-5H3;3-8,12-13H,1-2H3;7-10,12-13H,5-6H2,1-4H3;3-4,6-7H,1-2H3;;;/q3*-1;;;;;;. The fourth-order valence-electron chi connectivity index (χ4n) is 15.5. The van der Waals surface area contributed by atoms with Crippen molar-refractivity contribution in [3.05, 3.63) is 244 Å². The van der Waals surface area contributed by atoms with E-state index in [2.05, 4.69) is 283 Å². The third-order valence-corrected chi connectivity index (χ3v) is 35.4. The summed E-state index contributed by atoms with van der Waals surface area (Å²) < 4.78 is 0. The third-order valence-electron chi connectivity index (χ3n) is 20.6. The molecule has 3 unspecified atom stereocenters. The average Bonchev–Trinajstić information content (AvgIpc) is 0.749. The van der Waals surface area contributed by atoms with Crippen LogP contribution in [-0.4, -0.2) is 88.1 Å². The molecule has 10 rings (SSSR count). The molecular weight excluding hydrogens is 1950 g/mol. The SMILES string of the molecule is CC(C)CC(O)=CC(O)CC(C)C.CC(O)=C(c1ccccc1)C(C)O.CC(O)=CC(C)O.CC[Si](CC)(CC)c1cccc2nc(-c3[c-]c(C)cc(C)c3)ccc12.Cc1[c-]c(-c2ccc3c([Si](C)(C)C)cccc3n2)cc(C)c1.Cc1c[c-]c(-c2ccc3c([Si](C(C)C)(C(C)C)C(C)C)cccc3n2)cc1C.[Ir].[Ir].[Ir]. The summed E-state index contributed by atoms with van der Waals surface area (Å²) in [5.41, 5.74) is 20.5. The first-order chi connectivity index (χ1) is 50.7. The van der Waals surface area contributed by atoms with Gasteiger partial charge in [-0.25, -0.2) is 0 Å². The van der Waals surface area contributed by atoms with Gasteiger partial charge in [0.2, 0.25) is 0 Å². The Morgan fingerprint density at radius 3 is 1.23 bits per heavy atom. The summed E-state index contributed by atoms with van der Waals surface area (Å²) in [4.78, 5) is 14.9. The smallest absolute Gasteiger partial charge is 0.0955 e. The van der Waals surface area contributed by atoms with Crippen LogP contribution in [0.25, 0.3) is 72.1 Å². The molecular formula is C96H130Ir3N3O6Si3-3. The Balaban J connectivity index is 0.000000470. The number of allylic oxidation sites excluding steroid dienone is 3. The molecule has 7 aromatic carbocycles. The molecule has 0 aliphatic carbocycles. The maximum atomic E-state index is 9.47. The van der Waals surface area contributed by atoms with E-state index in [4.69, 9.17) is 25.2 Å². The van der Waals surface area contributed by atoms with Crippen LogP contribution in [0.1, 0.15) is 169 Å². The van der Waals surface area contributed by atoms with Gasteiger partial charge in [-0.2, -0.15) is 0 Å². The van der Waals surface area contributed by atoms with E-state index in [0.717, 1.165) is 61.4 Å². The number of rotatable bonds is 20. The van der Waals surface area contributed by atoms with E-state index in [1.807, 2.05) is 44.2 Å². The summed E-state index contributed by atoms with van der Waals surface area (Å²) in [7, 11) is -4.51. The predicted octanol–water partition coefficient (Wildman–Crippen LogP) is 24.2. The minimum absolute atomic E-state index is 0. The van der Waals surface area contributed by atoms with Crippen molar-refractivity contribution in [2.75, 3.05) is 0 Å². The number of hydrogen-bond acceptors (Lipinski definition) is 9. The molecule has 0 aliphatic rings. The monoisotopic (exact) mass is 2080 g/mol. The minimum Gasteiger partial charge on any atom is -0.513 e. The first kappa shape index (κ1) is 101. The van der Waals surface area contributed by atoms with E-state index in [1.54, 1.807) is 37.2 Å². The third kappa shape index (κ3) is 29.0. The van der Waals surface area contributed by atoms with Crippen LogP contribution in [0, 0.1) is 71.6 Å². The molecule has 3 atom stereocenters. The molecule has 0 saturated heterocycles. The van der Waals surface area contributed by atoms with Gasteiger partial charge >= 0.3 is 0 Å².